The third-order valence-electron chi connectivity index (χ3n) is 2.08. The fourth-order valence-corrected chi connectivity index (χ4v) is 1.56. The third kappa shape index (κ3) is 6.08. The first-order valence-corrected chi connectivity index (χ1v) is 4.64. The fraction of sp³-hybridized carbons (Fsp3) is 0.900. The van der Waals surface area contributed by atoms with Crippen LogP contribution in [0.2, 0.25) is 0 Å². The van der Waals surface area contributed by atoms with Crippen LogP contribution in [0.15, 0.2) is 0 Å². The summed E-state index contributed by atoms with van der Waals surface area (Å²) in [5.41, 5.74) is 0. The summed E-state index contributed by atoms with van der Waals surface area (Å²) in [6.45, 7) is 6.63. The Bertz CT molecular complexity index is 99.0. The standard InChI is InChI=1S/C10H20O/c1-4-5-9(2)8-10(3)6-7-11/h7,9-10H,4-6,8H2,1-3H3. The Labute approximate surface area is 70.2 Å². The van der Waals surface area contributed by atoms with Gasteiger partial charge < -0.3 is 4.79 Å². The molecule has 0 N–H and O–H groups in total. The van der Waals surface area contributed by atoms with Gasteiger partial charge in [-0.15, -0.1) is 0 Å². The molecular formula is C10H20O. The second kappa shape index (κ2) is 6.38. The molecular weight excluding hydrogens is 136 g/mol. The van der Waals surface area contributed by atoms with E-state index in [0.717, 1.165) is 18.6 Å². The van der Waals surface area contributed by atoms with Crippen LogP contribution in [0.1, 0.15) is 46.5 Å². The largest absolute Gasteiger partial charge is 0.303 e. The van der Waals surface area contributed by atoms with E-state index in [9.17, 15) is 4.79 Å². The predicted molar refractivity (Wildman–Crippen MR) is 48.5 cm³/mol. The SMILES string of the molecule is CCCC(C)CC(C)CC=O. The molecule has 0 rings (SSSR count). The summed E-state index contributed by atoms with van der Waals surface area (Å²) in [6.07, 6.45) is 5.52. The summed E-state index contributed by atoms with van der Waals surface area (Å²) >= 11 is 0. The smallest absolute Gasteiger partial charge is 0.120 e. The molecule has 0 aliphatic heterocycles. The lowest BCUT2D eigenvalue weighted by Crippen LogP contribution is -2.03. The lowest BCUT2D eigenvalue weighted by molar-refractivity contribution is -0.108. The number of aldehydes is 1. The van der Waals surface area contributed by atoms with Gasteiger partial charge in [-0.2, -0.15) is 0 Å². The summed E-state index contributed by atoms with van der Waals surface area (Å²) < 4.78 is 0. The zero-order valence-electron chi connectivity index (χ0n) is 7.97. The van der Waals surface area contributed by atoms with Crippen LogP contribution in [0.25, 0.3) is 0 Å². The first-order chi connectivity index (χ1) is 5.20. The van der Waals surface area contributed by atoms with E-state index < -0.39 is 0 Å². The van der Waals surface area contributed by atoms with Crippen LogP contribution in [-0.4, -0.2) is 6.29 Å². The Morgan fingerprint density at radius 3 is 2.36 bits per heavy atom. The van der Waals surface area contributed by atoms with Crippen LogP contribution in [0.5, 0.6) is 0 Å². The zero-order chi connectivity index (χ0) is 8.69. The molecule has 66 valence electrons. The summed E-state index contributed by atoms with van der Waals surface area (Å²) in [4.78, 5) is 10.2. The Morgan fingerprint density at radius 1 is 1.27 bits per heavy atom. The molecule has 1 nitrogen and oxygen atoms in total. The van der Waals surface area contributed by atoms with Crippen molar-refractivity contribution in [3.63, 3.8) is 0 Å². The number of hydrogen-bond donors (Lipinski definition) is 0. The van der Waals surface area contributed by atoms with Gasteiger partial charge >= 0.3 is 0 Å². The molecule has 0 spiro atoms. The lowest BCUT2D eigenvalue weighted by Gasteiger charge is -2.13. The van der Waals surface area contributed by atoms with Gasteiger partial charge in [-0.1, -0.05) is 33.6 Å². The molecule has 2 atom stereocenters. The first kappa shape index (κ1) is 10.7. The van der Waals surface area contributed by atoms with Gasteiger partial charge in [0.2, 0.25) is 0 Å². The molecule has 1 heteroatoms. The maximum Gasteiger partial charge on any atom is 0.120 e. The molecule has 11 heavy (non-hydrogen) atoms. The van der Waals surface area contributed by atoms with E-state index in [1.165, 1.54) is 19.3 Å². The zero-order valence-corrected chi connectivity index (χ0v) is 7.97. The highest BCUT2D eigenvalue weighted by Gasteiger charge is 2.06. The van der Waals surface area contributed by atoms with Crippen molar-refractivity contribution in [1.82, 2.24) is 0 Å². The molecule has 0 aliphatic rings. The first-order valence-electron chi connectivity index (χ1n) is 4.64. The maximum atomic E-state index is 10.2. The van der Waals surface area contributed by atoms with Crippen LogP contribution < -0.4 is 0 Å². The average Bonchev–Trinajstić information content (AvgIpc) is 1.87. The molecule has 0 amide bonds. The van der Waals surface area contributed by atoms with Gasteiger partial charge in [0.05, 0.1) is 0 Å². The van der Waals surface area contributed by atoms with Crippen LogP contribution in [0.3, 0.4) is 0 Å². The number of hydrogen-bond acceptors (Lipinski definition) is 1. The normalized spacial score (nSPS) is 15.9. The van der Waals surface area contributed by atoms with Crippen LogP contribution in [0, 0.1) is 11.8 Å². The van der Waals surface area contributed by atoms with E-state index in [2.05, 4.69) is 20.8 Å². The Kier molecular flexibility index (Phi) is 6.19. The van der Waals surface area contributed by atoms with Gasteiger partial charge in [-0.25, -0.2) is 0 Å². The molecule has 0 saturated heterocycles. The van der Waals surface area contributed by atoms with Gasteiger partial charge in [0.15, 0.2) is 0 Å². The summed E-state index contributed by atoms with van der Waals surface area (Å²) in [7, 11) is 0. The Balaban J connectivity index is 3.39. The molecule has 0 aliphatic carbocycles. The highest BCUT2D eigenvalue weighted by atomic mass is 16.1. The monoisotopic (exact) mass is 156 g/mol. The molecule has 0 radical (unpaired) electrons. The summed E-state index contributed by atoms with van der Waals surface area (Å²) in [6, 6.07) is 0. The van der Waals surface area contributed by atoms with Crippen molar-refractivity contribution in [2.45, 2.75) is 46.5 Å². The molecule has 0 bridgehead atoms. The van der Waals surface area contributed by atoms with Gasteiger partial charge in [0.25, 0.3) is 0 Å². The minimum atomic E-state index is 0.578. The van der Waals surface area contributed by atoms with E-state index in [-0.39, 0.29) is 0 Å². The van der Waals surface area contributed by atoms with Crippen LogP contribution >= 0.6 is 0 Å². The Hall–Kier alpha value is -0.330. The molecule has 0 heterocycles. The molecule has 0 aromatic rings. The fourth-order valence-electron chi connectivity index (χ4n) is 1.56. The van der Waals surface area contributed by atoms with E-state index in [1.54, 1.807) is 0 Å². The molecule has 0 fully saturated rings. The van der Waals surface area contributed by atoms with Gasteiger partial charge in [0.1, 0.15) is 6.29 Å². The van der Waals surface area contributed by atoms with Crippen LogP contribution in [-0.2, 0) is 4.79 Å². The average molecular weight is 156 g/mol. The number of carbonyl (C=O) groups is 1. The lowest BCUT2D eigenvalue weighted by atomic mass is 9.92. The minimum Gasteiger partial charge on any atom is -0.303 e. The molecule has 0 aromatic carbocycles. The topological polar surface area (TPSA) is 17.1 Å². The Morgan fingerprint density at radius 2 is 1.91 bits per heavy atom. The van der Waals surface area contributed by atoms with Crippen molar-refractivity contribution in [2.24, 2.45) is 11.8 Å². The van der Waals surface area contributed by atoms with E-state index in [1.807, 2.05) is 0 Å². The van der Waals surface area contributed by atoms with E-state index in [0.29, 0.717) is 5.92 Å². The van der Waals surface area contributed by atoms with Crippen LogP contribution in [0.4, 0.5) is 0 Å². The van der Waals surface area contributed by atoms with E-state index >= 15 is 0 Å². The number of rotatable bonds is 6. The second-order valence-electron chi connectivity index (χ2n) is 3.64. The maximum absolute atomic E-state index is 10.2. The predicted octanol–water partition coefficient (Wildman–Crippen LogP) is 3.04. The minimum absolute atomic E-state index is 0.578. The van der Waals surface area contributed by atoms with Crippen molar-refractivity contribution in [2.75, 3.05) is 0 Å². The van der Waals surface area contributed by atoms with Crippen molar-refractivity contribution < 1.29 is 4.79 Å². The molecule has 2 unspecified atom stereocenters. The second-order valence-corrected chi connectivity index (χ2v) is 3.64. The van der Waals surface area contributed by atoms with Gasteiger partial charge in [0, 0.05) is 6.42 Å². The van der Waals surface area contributed by atoms with Crippen molar-refractivity contribution in [3.8, 4) is 0 Å². The third-order valence-corrected chi connectivity index (χ3v) is 2.08. The highest BCUT2D eigenvalue weighted by molar-refractivity contribution is 5.49. The summed E-state index contributed by atoms with van der Waals surface area (Å²) in [5, 5.41) is 0. The van der Waals surface area contributed by atoms with Gasteiger partial charge in [-0.05, 0) is 18.3 Å². The summed E-state index contributed by atoms with van der Waals surface area (Å²) in [5.74, 6) is 1.36. The molecule has 0 aromatic heterocycles. The van der Waals surface area contributed by atoms with Crippen molar-refractivity contribution >= 4 is 6.29 Å². The highest BCUT2D eigenvalue weighted by Crippen LogP contribution is 2.17. The quantitative estimate of drug-likeness (QED) is 0.540. The van der Waals surface area contributed by atoms with Crippen molar-refractivity contribution in [3.05, 3.63) is 0 Å². The molecule has 0 saturated carbocycles. The van der Waals surface area contributed by atoms with Gasteiger partial charge in [-0.3, -0.25) is 0 Å². The van der Waals surface area contributed by atoms with Crippen molar-refractivity contribution in [1.29, 1.82) is 0 Å². The number of carbonyl (C=O) groups excluding carboxylic acids is 1. The van der Waals surface area contributed by atoms with E-state index in [4.69, 9.17) is 0 Å².